The molecule has 0 radical (unpaired) electrons. The fourth-order valence-corrected chi connectivity index (χ4v) is 4.30. The van der Waals surface area contributed by atoms with Crippen LogP contribution in [0, 0.1) is 6.92 Å². The lowest BCUT2D eigenvalue weighted by atomic mass is 10.1. The minimum absolute atomic E-state index is 0.0972. The molecule has 0 bridgehead atoms. The fraction of sp³-hybridized carbons (Fsp3) is 0.500. The van der Waals surface area contributed by atoms with Gasteiger partial charge in [0.05, 0.1) is 4.90 Å². The molecule has 1 aliphatic rings. The molecule has 1 aromatic rings. The van der Waals surface area contributed by atoms with Crippen LogP contribution < -0.4 is 5.32 Å². The van der Waals surface area contributed by atoms with Crippen molar-refractivity contribution in [1.82, 2.24) is 9.62 Å². The molecule has 1 unspecified atom stereocenters. The fourth-order valence-electron chi connectivity index (χ4n) is 2.55. The first-order valence-electron chi connectivity index (χ1n) is 6.74. The van der Waals surface area contributed by atoms with E-state index in [0.717, 1.165) is 18.4 Å². The Balaban J connectivity index is 2.22. The summed E-state index contributed by atoms with van der Waals surface area (Å²) < 4.78 is 26.8. The molecule has 1 heterocycles. The van der Waals surface area contributed by atoms with E-state index >= 15 is 0 Å². The summed E-state index contributed by atoms with van der Waals surface area (Å²) in [6.45, 7) is 4.10. The Morgan fingerprint density at radius 1 is 1.35 bits per heavy atom. The van der Waals surface area contributed by atoms with Crippen LogP contribution in [-0.4, -0.2) is 37.8 Å². The average Bonchev–Trinajstić information content (AvgIpc) is 2.38. The van der Waals surface area contributed by atoms with Gasteiger partial charge in [0.1, 0.15) is 0 Å². The van der Waals surface area contributed by atoms with Crippen molar-refractivity contribution in [2.75, 3.05) is 13.1 Å². The molecule has 0 aliphatic carbocycles. The van der Waals surface area contributed by atoms with Gasteiger partial charge in [-0.15, -0.1) is 0 Å². The average molecular weight is 296 g/mol. The number of amides is 1. The third-order valence-electron chi connectivity index (χ3n) is 3.50. The maximum Gasteiger partial charge on any atom is 0.243 e. The van der Waals surface area contributed by atoms with Gasteiger partial charge < -0.3 is 5.32 Å². The topological polar surface area (TPSA) is 66.5 Å². The zero-order chi connectivity index (χ0) is 14.8. The molecule has 1 aliphatic heterocycles. The van der Waals surface area contributed by atoms with Crippen molar-refractivity contribution < 1.29 is 13.2 Å². The van der Waals surface area contributed by atoms with E-state index in [2.05, 4.69) is 5.32 Å². The second-order valence-corrected chi connectivity index (χ2v) is 7.07. The van der Waals surface area contributed by atoms with Crippen molar-refractivity contribution in [2.24, 2.45) is 0 Å². The van der Waals surface area contributed by atoms with Crippen LogP contribution in [0.5, 0.6) is 0 Å². The minimum Gasteiger partial charge on any atom is -0.352 e. The molecule has 0 saturated carbocycles. The van der Waals surface area contributed by atoms with E-state index in [1.54, 1.807) is 25.1 Å². The van der Waals surface area contributed by atoms with E-state index in [9.17, 15) is 13.2 Å². The minimum atomic E-state index is -3.48. The van der Waals surface area contributed by atoms with Gasteiger partial charge in [0.25, 0.3) is 0 Å². The molecule has 20 heavy (non-hydrogen) atoms. The van der Waals surface area contributed by atoms with Crippen LogP contribution in [0.25, 0.3) is 0 Å². The molecule has 0 spiro atoms. The number of benzene rings is 1. The Labute approximate surface area is 120 Å². The van der Waals surface area contributed by atoms with Crippen LogP contribution in [-0.2, 0) is 14.8 Å². The second kappa shape index (κ2) is 5.93. The predicted octanol–water partition coefficient (Wildman–Crippen LogP) is 1.28. The van der Waals surface area contributed by atoms with E-state index in [-0.39, 0.29) is 11.9 Å². The van der Waals surface area contributed by atoms with Gasteiger partial charge in [-0.1, -0.05) is 18.2 Å². The SMILES string of the molecule is CC(=O)NC1CCCN(S(=O)(=O)c2ccccc2C)C1. The van der Waals surface area contributed by atoms with Crippen LogP contribution in [0.15, 0.2) is 29.2 Å². The predicted molar refractivity (Wildman–Crippen MR) is 76.8 cm³/mol. The number of aryl methyl sites for hydroxylation is 1. The highest BCUT2D eigenvalue weighted by atomic mass is 32.2. The molecule has 2 rings (SSSR count). The Bertz CT molecular complexity index is 598. The van der Waals surface area contributed by atoms with Gasteiger partial charge in [0, 0.05) is 26.1 Å². The number of nitrogens with zero attached hydrogens (tertiary/aromatic N) is 1. The maximum atomic E-state index is 12.7. The highest BCUT2D eigenvalue weighted by Crippen LogP contribution is 2.23. The Hall–Kier alpha value is -1.40. The summed E-state index contributed by atoms with van der Waals surface area (Å²) in [5.41, 5.74) is 0.745. The van der Waals surface area contributed by atoms with Crippen molar-refractivity contribution in [3.63, 3.8) is 0 Å². The normalized spacial score (nSPS) is 20.6. The van der Waals surface area contributed by atoms with E-state index in [1.807, 2.05) is 6.07 Å². The van der Waals surface area contributed by atoms with E-state index < -0.39 is 10.0 Å². The summed E-state index contributed by atoms with van der Waals surface area (Å²) in [7, 11) is -3.48. The molecule has 1 amide bonds. The zero-order valence-electron chi connectivity index (χ0n) is 11.8. The number of nitrogens with one attached hydrogen (secondary N) is 1. The number of rotatable bonds is 3. The van der Waals surface area contributed by atoms with Crippen LogP contribution in [0.4, 0.5) is 0 Å². The summed E-state index contributed by atoms with van der Waals surface area (Å²) in [5.74, 6) is -0.120. The summed E-state index contributed by atoms with van der Waals surface area (Å²) in [6.07, 6.45) is 1.58. The van der Waals surface area contributed by atoms with Crippen molar-refractivity contribution in [2.45, 2.75) is 37.6 Å². The van der Waals surface area contributed by atoms with Gasteiger partial charge in [-0.3, -0.25) is 4.79 Å². The van der Waals surface area contributed by atoms with Crippen LogP contribution in [0.3, 0.4) is 0 Å². The molecule has 0 aromatic heterocycles. The van der Waals surface area contributed by atoms with Gasteiger partial charge in [-0.2, -0.15) is 4.31 Å². The first-order chi connectivity index (χ1) is 9.41. The van der Waals surface area contributed by atoms with Crippen molar-refractivity contribution in [3.8, 4) is 0 Å². The molecule has 1 fully saturated rings. The van der Waals surface area contributed by atoms with Gasteiger partial charge >= 0.3 is 0 Å². The summed E-state index contributed by atoms with van der Waals surface area (Å²) >= 11 is 0. The highest BCUT2D eigenvalue weighted by molar-refractivity contribution is 7.89. The van der Waals surface area contributed by atoms with Crippen molar-refractivity contribution in [1.29, 1.82) is 0 Å². The lowest BCUT2D eigenvalue weighted by Gasteiger charge is -2.32. The van der Waals surface area contributed by atoms with Gasteiger partial charge in [-0.25, -0.2) is 8.42 Å². The third-order valence-corrected chi connectivity index (χ3v) is 5.53. The monoisotopic (exact) mass is 296 g/mol. The Kier molecular flexibility index (Phi) is 4.45. The molecule has 1 saturated heterocycles. The number of carbonyl (C=O) groups excluding carboxylic acids is 1. The number of carbonyl (C=O) groups is 1. The van der Waals surface area contributed by atoms with Crippen molar-refractivity contribution >= 4 is 15.9 Å². The largest absolute Gasteiger partial charge is 0.352 e. The molecule has 5 nitrogen and oxygen atoms in total. The molecule has 1 atom stereocenters. The Morgan fingerprint density at radius 2 is 2.05 bits per heavy atom. The first-order valence-corrected chi connectivity index (χ1v) is 8.18. The van der Waals surface area contributed by atoms with E-state index in [1.165, 1.54) is 11.2 Å². The molecular formula is C14H20N2O3S. The first kappa shape index (κ1) is 15.0. The van der Waals surface area contributed by atoms with Gasteiger partial charge in [-0.05, 0) is 31.4 Å². The second-order valence-electron chi connectivity index (χ2n) is 5.17. The molecular weight excluding hydrogens is 276 g/mol. The van der Waals surface area contributed by atoms with Crippen LogP contribution in [0.2, 0.25) is 0 Å². The summed E-state index contributed by atoms with van der Waals surface area (Å²) in [6, 6.07) is 6.88. The molecule has 1 N–H and O–H groups in total. The molecule has 6 heteroatoms. The zero-order valence-corrected chi connectivity index (χ0v) is 12.6. The van der Waals surface area contributed by atoms with Crippen LogP contribution >= 0.6 is 0 Å². The number of sulfonamides is 1. The lowest BCUT2D eigenvalue weighted by Crippen LogP contribution is -2.49. The van der Waals surface area contributed by atoms with Gasteiger partial charge in [0.2, 0.25) is 15.9 Å². The molecule has 110 valence electrons. The Morgan fingerprint density at radius 3 is 2.70 bits per heavy atom. The van der Waals surface area contributed by atoms with Crippen molar-refractivity contribution in [3.05, 3.63) is 29.8 Å². The van der Waals surface area contributed by atoms with Crippen LogP contribution in [0.1, 0.15) is 25.3 Å². The number of hydrogen-bond acceptors (Lipinski definition) is 3. The highest BCUT2D eigenvalue weighted by Gasteiger charge is 2.31. The molecule has 1 aromatic carbocycles. The van der Waals surface area contributed by atoms with E-state index in [4.69, 9.17) is 0 Å². The van der Waals surface area contributed by atoms with E-state index in [0.29, 0.717) is 18.0 Å². The lowest BCUT2D eigenvalue weighted by molar-refractivity contribution is -0.119. The number of piperidine rings is 1. The number of hydrogen-bond donors (Lipinski definition) is 1. The smallest absolute Gasteiger partial charge is 0.243 e. The quantitative estimate of drug-likeness (QED) is 0.914. The standard InChI is InChI=1S/C14H20N2O3S/c1-11-6-3-4-8-14(11)20(18,19)16-9-5-7-13(10-16)15-12(2)17/h3-4,6,8,13H,5,7,9-10H2,1-2H3,(H,15,17). The summed E-state index contributed by atoms with van der Waals surface area (Å²) in [4.78, 5) is 11.5. The van der Waals surface area contributed by atoms with Gasteiger partial charge in [0.15, 0.2) is 0 Å². The maximum absolute atomic E-state index is 12.7. The third kappa shape index (κ3) is 3.19. The summed E-state index contributed by atoms with van der Waals surface area (Å²) in [5, 5.41) is 2.80.